The summed E-state index contributed by atoms with van der Waals surface area (Å²) in [5.41, 5.74) is 0.983. The Morgan fingerprint density at radius 3 is 2.76 bits per heavy atom. The topological polar surface area (TPSA) is 46.1 Å². The third-order valence-electron chi connectivity index (χ3n) is 4.19. The highest BCUT2D eigenvalue weighted by atomic mass is 19.1. The molecule has 0 bridgehead atoms. The molecule has 1 aromatic carbocycles. The Labute approximate surface area is 150 Å². The number of morpholine rings is 1. The highest BCUT2D eigenvalue weighted by molar-refractivity contribution is 5.80. The molecule has 0 amide bonds. The van der Waals surface area contributed by atoms with E-state index < -0.39 is 0 Å². The van der Waals surface area contributed by atoms with Crippen LogP contribution in [0.5, 0.6) is 0 Å². The highest BCUT2D eigenvalue weighted by Crippen LogP contribution is 2.25. The van der Waals surface area contributed by atoms with Crippen LogP contribution < -0.4 is 5.32 Å². The highest BCUT2D eigenvalue weighted by Gasteiger charge is 2.28. The van der Waals surface area contributed by atoms with Crippen LogP contribution in [0.25, 0.3) is 0 Å². The zero-order chi connectivity index (χ0) is 18.1. The molecule has 2 unspecified atom stereocenters. The van der Waals surface area contributed by atoms with Gasteiger partial charge in [0.15, 0.2) is 5.96 Å². The van der Waals surface area contributed by atoms with E-state index in [1.54, 1.807) is 19.2 Å². The van der Waals surface area contributed by atoms with Crippen LogP contribution in [-0.2, 0) is 9.47 Å². The van der Waals surface area contributed by atoms with Crippen LogP contribution in [0.3, 0.4) is 0 Å². The van der Waals surface area contributed by atoms with Crippen molar-refractivity contribution >= 4 is 5.96 Å². The number of nitrogens with one attached hydrogen (secondary N) is 1. The second-order valence-corrected chi connectivity index (χ2v) is 6.33. The molecule has 1 N–H and O–H groups in total. The maximum absolute atomic E-state index is 13.1. The Kier molecular flexibility index (Phi) is 8.15. The lowest BCUT2D eigenvalue weighted by atomic mass is 10.1. The minimum absolute atomic E-state index is 0.0724. The quantitative estimate of drug-likeness (QED) is 0.466. The van der Waals surface area contributed by atoms with E-state index in [-0.39, 0.29) is 18.0 Å². The third kappa shape index (κ3) is 6.29. The minimum Gasteiger partial charge on any atom is -0.380 e. The normalized spacial score (nSPS) is 21.4. The molecule has 1 saturated heterocycles. The lowest BCUT2D eigenvalue weighted by Gasteiger charge is -2.38. The van der Waals surface area contributed by atoms with E-state index in [9.17, 15) is 4.39 Å². The maximum Gasteiger partial charge on any atom is 0.193 e. The zero-order valence-electron chi connectivity index (χ0n) is 15.5. The van der Waals surface area contributed by atoms with Crippen molar-refractivity contribution in [3.8, 4) is 0 Å². The van der Waals surface area contributed by atoms with Crippen LogP contribution in [0.15, 0.2) is 29.3 Å². The molecule has 1 aliphatic heterocycles. The number of aliphatic imine (C=N–C) groups is 1. The van der Waals surface area contributed by atoms with Crippen LogP contribution in [0.2, 0.25) is 0 Å². The molecule has 2 atom stereocenters. The fourth-order valence-corrected chi connectivity index (χ4v) is 2.90. The van der Waals surface area contributed by atoms with Gasteiger partial charge in [-0.15, -0.1) is 0 Å². The van der Waals surface area contributed by atoms with Gasteiger partial charge in [0.1, 0.15) is 11.9 Å². The van der Waals surface area contributed by atoms with Gasteiger partial charge in [0.2, 0.25) is 0 Å². The van der Waals surface area contributed by atoms with Gasteiger partial charge in [-0.2, -0.15) is 0 Å². The number of rotatable bonds is 7. The first kappa shape index (κ1) is 19.7. The molecule has 0 aromatic heterocycles. The molecule has 0 saturated carbocycles. The molecule has 1 aliphatic rings. The lowest BCUT2D eigenvalue weighted by Crippen LogP contribution is -2.51. The predicted molar refractivity (Wildman–Crippen MR) is 98.3 cm³/mol. The Morgan fingerprint density at radius 1 is 1.32 bits per heavy atom. The van der Waals surface area contributed by atoms with Gasteiger partial charge in [-0.05, 0) is 31.0 Å². The summed E-state index contributed by atoms with van der Waals surface area (Å²) in [5, 5.41) is 3.35. The second-order valence-electron chi connectivity index (χ2n) is 6.33. The fraction of sp³-hybridized carbons (Fsp3) is 0.632. The van der Waals surface area contributed by atoms with Crippen LogP contribution in [-0.4, -0.2) is 56.9 Å². The molecule has 25 heavy (non-hydrogen) atoms. The van der Waals surface area contributed by atoms with Gasteiger partial charge < -0.3 is 19.7 Å². The Bertz CT molecular complexity index is 536. The molecule has 2 rings (SSSR count). The summed E-state index contributed by atoms with van der Waals surface area (Å²) >= 11 is 0. The first-order valence-electron chi connectivity index (χ1n) is 9.08. The van der Waals surface area contributed by atoms with E-state index in [0.29, 0.717) is 13.2 Å². The second kappa shape index (κ2) is 10.4. The molecular weight excluding hydrogens is 321 g/mol. The van der Waals surface area contributed by atoms with Crippen molar-refractivity contribution < 1.29 is 13.9 Å². The monoisotopic (exact) mass is 351 g/mol. The predicted octanol–water partition coefficient (Wildman–Crippen LogP) is 2.98. The molecule has 5 nitrogen and oxygen atoms in total. The lowest BCUT2D eigenvalue weighted by molar-refractivity contribution is -0.0605. The van der Waals surface area contributed by atoms with Gasteiger partial charge >= 0.3 is 0 Å². The number of ether oxygens (including phenoxy) is 2. The van der Waals surface area contributed by atoms with Crippen LogP contribution >= 0.6 is 0 Å². The van der Waals surface area contributed by atoms with Crippen LogP contribution in [0.4, 0.5) is 4.39 Å². The van der Waals surface area contributed by atoms with E-state index >= 15 is 0 Å². The third-order valence-corrected chi connectivity index (χ3v) is 4.19. The van der Waals surface area contributed by atoms with Gasteiger partial charge in [-0.1, -0.05) is 25.5 Å². The number of unbranched alkanes of at least 4 members (excludes halogenated alkanes) is 1. The average Bonchev–Trinajstić information content (AvgIpc) is 2.61. The largest absolute Gasteiger partial charge is 0.380 e. The van der Waals surface area contributed by atoms with Crippen molar-refractivity contribution in [2.24, 2.45) is 4.99 Å². The number of benzene rings is 1. The molecule has 1 heterocycles. The molecular formula is C19H30FN3O2. The zero-order valence-corrected chi connectivity index (χ0v) is 15.5. The summed E-state index contributed by atoms with van der Waals surface area (Å²) in [7, 11) is 1.79. The van der Waals surface area contributed by atoms with Gasteiger partial charge in [-0.25, -0.2) is 4.39 Å². The van der Waals surface area contributed by atoms with Crippen LogP contribution in [0, 0.1) is 5.82 Å². The van der Waals surface area contributed by atoms with Gasteiger partial charge in [0.25, 0.3) is 0 Å². The van der Waals surface area contributed by atoms with Crippen molar-refractivity contribution in [3.05, 3.63) is 35.6 Å². The fourth-order valence-electron chi connectivity index (χ4n) is 2.90. The SMILES string of the molecule is CCCCOCCNC(=NC)N1CC(C)OC(c2ccc(F)cc2)C1. The molecule has 0 aliphatic carbocycles. The smallest absolute Gasteiger partial charge is 0.193 e. The van der Waals surface area contributed by atoms with E-state index in [4.69, 9.17) is 9.47 Å². The number of nitrogens with zero attached hydrogens (tertiary/aromatic N) is 2. The van der Waals surface area contributed by atoms with E-state index in [1.807, 2.05) is 6.92 Å². The Balaban J connectivity index is 1.88. The maximum atomic E-state index is 13.1. The summed E-state index contributed by atoms with van der Waals surface area (Å²) in [6, 6.07) is 6.52. The summed E-state index contributed by atoms with van der Waals surface area (Å²) in [6.07, 6.45) is 2.22. The van der Waals surface area contributed by atoms with Crippen molar-refractivity contribution in [1.29, 1.82) is 0 Å². The molecule has 1 fully saturated rings. The van der Waals surface area contributed by atoms with Crippen LogP contribution in [0.1, 0.15) is 38.4 Å². The van der Waals surface area contributed by atoms with Crippen molar-refractivity contribution in [3.63, 3.8) is 0 Å². The molecule has 0 radical (unpaired) electrons. The van der Waals surface area contributed by atoms with E-state index in [1.165, 1.54) is 12.1 Å². The summed E-state index contributed by atoms with van der Waals surface area (Å²) in [5.74, 6) is 0.617. The number of halogens is 1. The molecule has 1 aromatic rings. The van der Waals surface area contributed by atoms with Gasteiger partial charge in [0.05, 0.1) is 19.3 Å². The average molecular weight is 351 g/mol. The van der Waals surface area contributed by atoms with Gasteiger partial charge in [0, 0.05) is 26.7 Å². The Hall–Kier alpha value is -1.66. The number of guanidine groups is 1. The first-order valence-corrected chi connectivity index (χ1v) is 9.08. The summed E-state index contributed by atoms with van der Waals surface area (Å²) < 4.78 is 24.8. The summed E-state index contributed by atoms with van der Waals surface area (Å²) in [4.78, 5) is 6.57. The van der Waals surface area contributed by atoms with Gasteiger partial charge in [-0.3, -0.25) is 4.99 Å². The Morgan fingerprint density at radius 2 is 2.08 bits per heavy atom. The number of hydrogen-bond acceptors (Lipinski definition) is 3. The molecule has 6 heteroatoms. The standard InChI is InChI=1S/C19H30FN3O2/c1-4-5-11-24-12-10-22-19(21-3)23-13-15(2)25-18(14-23)16-6-8-17(20)9-7-16/h6-9,15,18H,4-5,10-14H2,1-3H3,(H,21,22). The minimum atomic E-state index is -0.231. The number of hydrogen-bond donors (Lipinski definition) is 1. The van der Waals surface area contributed by atoms with Crippen molar-refractivity contribution in [1.82, 2.24) is 10.2 Å². The van der Waals surface area contributed by atoms with E-state index in [2.05, 4.69) is 22.1 Å². The summed E-state index contributed by atoms with van der Waals surface area (Å²) in [6.45, 7) is 7.85. The van der Waals surface area contributed by atoms with E-state index in [0.717, 1.165) is 44.1 Å². The molecule has 140 valence electrons. The molecule has 0 spiro atoms. The van der Waals surface area contributed by atoms with Crippen molar-refractivity contribution in [2.75, 3.05) is 39.9 Å². The van der Waals surface area contributed by atoms with Crippen molar-refractivity contribution in [2.45, 2.75) is 38.9 Å². The first-order chi connectivity index (χ1) is 12.1.